The summed E-state index contributed by atoms with van der Waals surface area (Å²) in [7, 11) is 0. The van der Waals surface area contributed by atoms with Crippen LogP contribution in [0.4, 0.5) is 5.69 Å². The summed E-state index contributed by atoms with van der Waals surface area (Å²) in [6, 6.07) is 10.2. The summed E-state index contributed by atoms with van der Waals surface area (Å²) in [6.45, 7) is 2.88. The maximum Gasteiger partial charge on any atom is 0.0820 e. The van der Waals surface area contributed by atoms with Gasteiger partial charge >= 0.3 is 0 Å². The van der Waals surface area contributed by atoms with E-state index in [0.717, 1.165) is 12.2 Å². The third-order valence-corrected chi connectivity index (χ3v) is 2.80. The fourth-order valence-electron chi connectivity index (χ4n) is 1.52. The van der Waals surface area contributed by atoms with E-state index in [0.29, 0.717) is 5.02 Å². The molecule has 0 spiro atoms. The second-order valence-electron chi connectivity index (χ2n) is 3.64. The van der Waals surface area contributed by atoms with E-state index in [2.05, 4.69) is 29.4 Å². The number of anilines is 1. The molecule has 0 saturated carbocycles. The molecule has 0 radical (unpaired) electrons. The van der Waals surface area contributed by atoms with Crippen molar-refractivity contribution >= 4 is 17.3 Å². The van der Waals surface area contributed by atoms with Crippen LogP contribution in [0.2, 0.25) is 5.02 Å². The van der Waals surface area contributed by atoms with Crippen LogP contribution in [0, 0.1) is 6.92 Å². The predicted octanol–water partition coefficient (Wildman–Crippen LogP) is 3.66. The lowest BCUT2D eigenvalue weighted by Crippen LogP contribution is -2.01. The van der Waals surface area contributed by atoms with Gasteiger partial charge in [0, 0.05) is 18.9 Å². The minimum Gasteiger partial charge on any atom is -0.380 e. The molecule has 0 aliphatic carbocycles. The number of aromatic nitrogens is 1. The summed E-state index contributed by atoms with van der Waals surface area (Å²) in [6.07, 6.45) is 3.37. The molecule has 0 aliphatic heterocycles. The monoisotopic (exact) mass is 232 g/mol. The highest BCUT2D eigenvalue weighted by Crippen LogP contribution is 2.20. The van der Waals surface area contributed by atoms with E-state index >= 15 is 0 Å². The Labute approximate surface area is 100 Å². The van der Waals surface area contributed by atoms with Gasteiger partial charge in [0.2, 0.25) is 0 Å². The first-order valence-electron chi connectivity index (χ1n) is 5.15. The predicted molar refractivity (Wildman–Crippen MR) is 67.8 cm³/mol. The molecule has 2 nitrogen and oxygen atoms in total. The fraction of sp³-hybridized carbons (Fsp3) is 0.154. The van der Waals surface area contributed by atoms with Gasteiger partial charge in [0.05, 0.1) is 10.7 Å². The van der Waals surface area contributed by atoms with Gasteiger partial charge in [0.1, 0.15) is 0 Å². The number of hydrogen-bond donors (Lipinski definition) is 1. The maximum absolute atomic E-state index is 6.01. The van der Waals surface area contributed by atoms with Crippen LogP contribution in [0.15, 0.2) is 42.7 Å². The quantitative estimate of drug-likeness (QED) is 0.874. The molecule has 1 aromatic heterocycles. The Morgan fingerprint density at radius 3 is 2.81 bits per heavy atom. The normalized spacial score (nSPS) is 10.1. The Bertz CT molecular complexity index is 437. The molecule has 82 valence electrons. The molecule has 0 aliphatic rings. The number of nitrogens with zero attached hydrogens (tertiary/aromatic N) is 1. The zero-order chi connectivity index (χ0) is 11.4. The molecule has 1 heterocycles. The molecule has 0 bridgehead atoms. The van der Waals surface area contributed by atoms with Crippen LogP contribution in [0.5, 0.6) is 0 Å². The number of hydrogen-bond acceptors (Lipinski definition) is 2. The van der Waals surface area contributed by atoms with Gasteiger partial charge in [-0.1, -0.05) is 35.9 Å². The Morgan fingerprint density at radius 1 is 1.25 bits per heavy atom. The van der Waals surface area contributed by atoms with E-state index in [1.54, 1.807) is 12.4 Å². The first kappa shape index (κ1) is 11.0. The van der Waals surface area contributed by atoms with Crippen molar-refractivity contribution in [3.05, 3.63) is 58.9 Å². The van der Waals surface area contributed by atoms with Gasteiger partial charge in [0.15, 0.2) is 0 Å². The molecule has 0 amide bonds. The van der Waals surface area contributed by atoms with Crippen LogP contribution < -0.4 is 5.32 Å². The molecular formula is C13H13ClN2. The van der Waals surface area contributed by atoms with Gasteiger partial charge in [0.25, 0.3) is 0 Å². The van der Waals surface area contributed by atoms with Crippen molar-refractivity contribution in [1.82, 2.24) is 4.98 Å². The summed E-state index contributed by atoms with van der Waals surface area (Å²) in [4.78, 5) is 3.95. The SMILES string of the molecule is Cc1ccccc1CNc1ccncc1Cl. The van der Waals surface area contributed by atoms with E-state index in [1.807, 2.05) is 18.2 Å². The van der Waals surface area contributed by atoms with E-state index in [-0.39, 0.29) is 0 Å². The summed E-state index contributed by atoms with van der Waals surface area (Å²) < 4.78 is 0. The van der Waals surface area contributed by atoms with Crippen molar-refractivity contribution in [2.75, 3.05) is 5.32 Å². The van der Waals surface area contributed by atoms with Crippen LogP contribution in [0.3, 0.4) is 0 Å². The van der Waals surface area contributed by atoms with Crippen molar-refractivity contribution < 1.29 is 0 Å². The third kappa shape index (κ3) is 2.52. The lowest BCUT2D eigenvalue weighted by atomic mass is 10.1. The van der Waals surface area contributed by atoms with Crippen LogP contribution in [0.1, 0.15) is 11.1 Å². The third-order valence-electron chi connectivity index (χ3n) is 2.50. The molecule has 3 heteroatoms. The van der Waals surface area contributed by atoms with Crippen molar-refractivity contribution in [2.24, 2.45) is 0 Å². The minimum atomic E-state index is 0.649. The standard InChI is InChI=1S/C13H13ClN2/c1-10-4-2-3-5-11(10)8-16-13-6-7-15-9-12(13)14/h2-7,9H,8H2,1H3,(H,15,16). The zero-order valence-electron chi connectivity index (χ0n) is 9.07. The molecule has 0 atom stereocenters. The topological polar surface area (TPSA) is 24.9 Å². The number of aryl methyl sites for hydroxylation is 1. The maximum atomic E-state index is 6.01. The summed E-state index contributed by atoms with van der Waals surface area (Å²) in [5.41, 5.74) is 3.47. The number of halogens is 1. The second kappa shape index (κ2) is 4.99. The zero-order valence-corrected chi connectivity index (χ0v) is 9.83. The van der Waals surface area contributed by atoms with Gasteiger partial charge in [-0.05, 0) is 24.1 Å². The second-order valence-corrected chi connectivity index (χ2v) is 4.04. The molecule has 2 rings (SSSR count). The smallest absolute Gasteiger partial charge is 0.0820 e. The Hall–Kier alpha value is -1.54. The number of benzene rings is 1. The Morgan fingerprint density at radius 2 is 2.06 bits per heavy atom. The lowest BCUT2D eigenvalue weighted by molar-refractivity contribution is 1.11. The highest BCUT2D eigenvalue weighted by atomic mass is 35.5. The van der Waals surface area contributed by atoms with Gasteiger partial charge in [-0.2, -0.15) is 0 Å². The summed E-state index contributed by atoms with van der Waals surface area (Å²) in [5.74, 6) is 0. The first-order chi connectivity index (χ1) is 7.77. The van der Waals surface area contributed by atoms with Crippen molar-refractivity contribution in [1.29, 1.82) is 0 Å². The molecular weight excluding hydrogens is 220 g/mol. The fourth-order valence-corrected chi connectivity index (χ4v) is 1.70. The molecule has 2 aromatic rings. The number of nitrogens with one attached hydrogen (secondary N) is 1. The van der Waals surface area contributed by atoms with Crippen molar-refractivity contribution in [2.45, 2.75) is 13.5 Å². The van der Waals surface area contributed by atoms with Crippen LogP contribution in [-0.2, 0) is 6.54 Å². The Kier molecular flexibility index (Phi) is 3.42. The van der Waals surface area contributed by atoms with Crippen molar-refractivity contribution in [3.63, 3.8) is 0 Å². The van der Waals surface area contributed by atoms with Crippen LogP contribution in [0.25, 0.3) is 0 Å². The van der Waals surface area contributed by atoms with Gasteiger partial charge in [-0.25, -0.2) is 0 Å². The molecule has 0 saturated heterocycles. The highest BCUT2D eigenvalue weighted by Gasteiger charge is 2.00. The summed E-state index contributed by atoms with van der Waals surface area (Å²) in [5, 5.41) is 3.95. The molecule has 0 unspecified atom stereocenters. The number of rotatable bonds is 3. The van der Waals surface area contributed by atoms with Crippen molar-refractivity contribution in [3.8, 4) is 0 Å². The number of pyridine rings is 1. The lowest BCUT2D eigenvalue weighted by Gasteiger charge is -2.09. The molecule has 1 N–H and O–H groups in total. The molecule has 1 aromatic carbocycles. The average Bonchev–Trinajstić information content (AvgIpc) is 2.30. The van der Waals surface area contributed by atoms with E-state index in [4.69, 9.17) is 11.6 Å². The van der Waals surface area contributed by atoms with Gasteiger partial charge in [-0.3, -0.25) is 4.98 Å². The highest BCUT2D eigenvalue weighted by molar-refractivity contribution is 6.33. The first-order valence-corrected chi connectivity index (χ1v) is 5.53. The van der Waals surface area contributed by atoms with Gasteiger partial charge in [-0.15, -0.1) is 0 Å². The Balaban J connectivity index is 2.09. The summed E-state index contributed by atoms with van der Waals surface area (Å²) >= 11 is 6.01. The van der Waals surface area contributed by atoms with E-state index < -0.39 is 0 Å². The molecule has 0 fully saturated rings. The minimum absolute atomic E-state index is 0.649. The van der Waals surface area contributed by atoms with Crippen LogP contribution in [-0.4, -0.2) is 4.98 Å². The molecule has 16 heavy (non-hydrogen) atoms. The van der Waals surface area contributed by atoms with Crippen LogP contribution >= 0.6 is 11.6 Å². The average molecular weight is 233 g/mol. The largest absolute Gasteiger partial charge is 0.380 e. The van der Waals surface area contributed by atoms with Gasteiger partial charge < -0.3 is 5.32 Å². The van der Waals surface area contributed by atoms with E-state index in [1.165, 1.54) is 11.1 Å². The van der Waals surface area contributed by atoms with E-state index in [9.17, 15) is 0 Å².